The smallest absolute Gasteiger partial charge is 0.290 e. The Balaban J connectivity index is 1.63. The zero-order valence-corrected chi connectivity index (χ0v) is 23.4. The lowest BCUT2D eigenvalue weighted by atomic mass is 9.98. The van der Waals surface area contributed by atoms with E-state index in [0.29, 0.717) is 47.8 Å². The molecule has 0 bridgehead atoms. The molecule has 3 heterocycles. The average Bonchev–Trinajstić information content (AvgIpc) is 3.57. The summed E-state index contributed by atoms with van der Waals surface area (Å²) in [5.41, 5.74) is 2.22. The van der Waals surface area contributed by atoms with E-state index >= 15 is 0 Å². The number of aromatic nitrogens is 3. The Morgan fingerprint density at radius 2 is 1.90 bits per heavy atom. The molecule has 10 heteroatoms. The van der Waals surface area contributed by atoms with E-state index in [1.165, 1.54) is 26.9 Å². The Bertz CT molecular complexity index is 1610. The van der Waals surface area contributed by atoms with E-state index in [-0.39, 0.29) is 18.3 Å². The number of carbonyl (C=O) groups excluding carboxylic acids is 1. The molecule has 7 nitrogen and oxygen atoms in total. The fraction of sp³-hybridized carbons (Fsp3) is 0.310. The number of benzene rings is 2. The summed E-state index contributed by atoms with van der Waals surface area (Å²) in [6.45, 7) is 6.37. The van der Waals surface area contributed by atoms with Gasteiger partial charge < -0.3 is 10.0 Å². The number of hydrogen-bond acceptors (Lipinski definition) is 6. The van der Waals surface area contributed by atoms with Gasteiger partial charge in [-0.15, -0.1) is 11.3 Å². The van der Waals surface area contributed by atoms with Crippen molar-refractivity contribution in [1.29, 1.82) is 0 Å². The highest BCUT2D eigenvalue weighted by Gasteiger charge is 2.34. The summed E-state index contributed by atoms with van der Waals surface area (Å²) in [5, 5.41) is 14.5. The van der Waals surface area contributed by atoms with E-state index in [0.717, 1.165) is 16.1 Å². The molecule has 1 N–H and O–H groups in total. The maximum absolute atomic E-state index is 14.6. The van der Waals surface area contributed by atoms with Crippen LogP contribution in [0.25, 0.3) is 17.2 Å². The van der Waals surface area contributed by atoms with Gasteiger partial charge in [-0.2, -0.15) is 4.98 Å². The second-order valence-corrected chi connectivity index (χ2v) is 11.1. The molecule has 1 unspecified atom stereocenters. The molecule has 2 aromatic heterocycles. The third kappa shape index (κ3) is 4.96. The fourth-order valence-electron chi connectivity index (χ4n) is 5.24. The average molecular weight is 567 g/mol. The van der Waals surface area contributed by atoms with Crippen LogP contribution < -0.4 is 5.56 Å². The van der Waals surface area contributed by atoms with Crippen molar-refractivity contribution in [1.82, 2.24) is 19.4 Å². The SMILES string of the molecule is CCc1cccc(CC)c1-n1c(-c2csc(C)n2)nc(=O)c(C(=O)N2CCC(c3ccc(Cl)cc3F)C2)c1O. The highest BCUT2D eigenvalue weighted by Crippen LogP contribution is 2.35. The lowest BCUT2D eigenvalue weighted by molar-refractivity contribution is 0.0784. The van der Waals surface area contributed by atoms with Crippen molar-refractivity contribution in [2.24, 2.45) is 0 Å². The van der Waals surface area contributed by atoms with Gasteiger partial charge in [-0.25, -0.2) is 9.37 Å². The van der Waals surface area contributed by atoms with Gasteiger partial charge in [-0.3, -0.25) is 14.2 Å². The van der Waals surface area contributed by atoms with Crippen LogP contribution in [-0.2, 0) is 12.8 Å². The Labute approximate surface area is 234 Å². The van der Waals surface area contributed by atoms with Crippen molar-refractivity contribution in [3.05, 3.63) is 90.2 Å². The lowest BCUT2D eigenvalue weighted by Crippen LogP contribution is -2.34. The largest absolute Gasteiger partial charge is 0.493 e. The zero-order valence-electron chi connectivity index (χ0n) is 21.9. The van der Waals surface area contributed by atoms with Crippen LogP contribution in [0.3, 0.4) is 0 Å². The van der Waals surface area contributed by atoms with Gasteiger partial charge >= 0.3 is 0 Å². The van der Waals surface area contributed by atoms with Gasteiger partial charge in [0.1, 0.15) is 11.5 Å². The summed E-state index contributed by atoms with van der Waals surface area (Å²) in [4.78, 5) is 37.4. The highest BCUT2D eigenvalue weighted by molar-refractivity contribution is 7.09. The molecule has 202 valence electrons. The van der Waals surface area contributed by atoms with Gasteiger partial charge in [0, 0.05) is 29.4 Å². The Morgan fingerprint density at radius 3 is 2.51 bits per heavy atom. The van der Waals surface area contributed by atoms with Crippen LogP contribution in [0.5, 0.6) is 5.88 Å². The Morgan fingerprint density at radius 1 is 1.18 bits per heavy atom. The first kappa shape index (κ1) is 27.0. The monoisotopic (exact) mass is 566 g/mol. The molecule has 1 fully saturated rings. The quantitative estimate of drug-likeness (QED) is 0.313. The minimum Gasteiger partial charge on any atom is -0.493 e. The molecular formula is C29H28ClFN4O3S. The molecule has 39 heavy (non-hydrogen) atoms. The summed E-state index contributed by atoms with van der Waals surface area (Å²) in [6, 6.07) is 10.4. The summed E-state index contributed by atoms with van der Waals surface area (Å²) < 4.78 is 16.1. The van der Waals surface area contributed by atoms with Gasteiger partial charge in [0.05, 0.1) is 10.7 Å². The van der Waals surface area contributed by atoms with Gasteiger partial charge in [-0.1, -0.05) is 49.7 Å². The van der Waals surface area contributed by atoms with Crippen molar-refractivity contribution in [3.8, 4) is 23.1 Å². The molecule has 1 aliphatic heterocycles. The van der Waals surface area contributed by atoms with Crippen molar-refractivity contribution >= 4 is 28.8 Å². The number of hydrogen-bond donors (Lipinski definition) is 1. The van der Waals surface area contributed by atoms with E-state index < -0.39 is 28.7 Å². The summed E-state index contributed by atoms with van der Waals surface area (Å²) >= 11 is 7.31. The summed E-state index contributed by atoms with van der Waals surface area (Å²) in [7, 11) is 0. The topological polar surface area (TPSA) is 88.3 Å². The molecule has 1 saturated heterocycles. The Kier molecular flexibility index (Phi) is 7.55. The number of carbonyl (C=O) groups is 1. The van der Waals surface area contributed by atoms with Gasteiger partial charge in [0.15, 0.2) is 11.4 Å². The predicted octanol–water partition coefficient (Wildman–Crippen LogP) is 5.92. The van der Waals surface area contributed by atoms with Crippen LogP contribution in [-0.4, -0.2) is 43.5 Å². The Hall–Kier alpha value is -3.56. The van der Waals surface area contributed by atoms with Crippen molar-refractivity contribution < 1.29 is 14.3 Å². The number of para-hydroxylation sites is 1. The maximum atomic E-state index is 14.6. The molecule has 4 aromatic rings. The molecule has 5 rings (SSSR count). The van der Waals surface area contributed by atoms with Gasteiger partial charge in [-0.05, 0) is 55.0 Å². The molecule has 2 aromatic carbocycles. The molecule has 0 spiro atoms. The first-order valence-corrected chi connectivity index (χ1v) is 14.1. The molecule has 1 aliphatic rings. The van der Waals surface area contributed by atoms with Crippen molar-refractivity contribution in [2.75, 3.05) is 13.1 Å². The molecule has 1 amide bonds. The second kappa shape index (κ2) is 10.9. The van der Waals surface area contributed by atoms with E-state index in [1.54, 1.807) is 17.5 Å². The van der Waals surface area contributed by atoms with Crippen LogP contribution in [0.15, 0.2) is 46.6 Å². The minimum atomic E-state index is -0.831. The van der Waals surface area contributed by atoms with Crippen LogP contribution in [0.1, 0.15) is 58.2 Å². The number of nitrogens with zero attached hydrogens (tertiary/aromatic N) is 4. The first-order chi connectivity index (χ1) is 18.7. The van der Waals surface area contributed by atoms with Crippen LogP contribution in [0, 0.1) is 12.7 Å². The second-order valence-electron chi connectivity index (χ2n) is 9.56. The standard InChI is InChI=1S/C29H28ClFN4O3S/c1-4-17-7-6-8-18(5-2)25(17)35-26(23-15-39-16(3)32-23)33-27(36)24(29(35)38)28(37)34-12-11-19(14-34)21-10-9-20(30)13-22(21)31/h6-10,13,15,19,38H,4-5,11-12,14H2,1-3H3. The molecular weight excluding hydrogens is 539 g/mol. The number of thiazole rings is 1. The third-order valence-corrected chi connectivity index (χ3v) is 8.21. The number of likely N-dealkylation sites (tertiary alicyclic amines) is 1. The van der Waals surface area contributed by atoms with E-state index in [4.69, 9.17) is 11.6 Å². The lowest BCUT2D eigenvalue weighted by Gasteiger charge is -2.23. The maximum Gasteiger partial charge on any atom is 0.290 e. The van der Waals surface area contributed by atoms with Crippen LogP contribution >= 0.6 is 22.9 Å². The third-order valence-electron chi connectivity index (χ3n) is 7.20. The number of amides is 1. The summed E-state index contributed by atoms with van der Waals surface area (Å²) in [6.07, 6.45) is 1.84. The van der Waals surface area contributed by atoms with Crippen molar-refractivity contribution in [2.45, 2.75) is 46.0 Å². The van der Waals surface area contributed by atoms with Crippen molar-refractivity contribution in [3.63, 3.8) is 0 Å². The molecule has 0 aliphatic carbocycles. The first-order valence-electron chi connectivity index (χ1n) is 12.9. The van der Waals surface area contributed by atoms with E-state index in [1.807, 2.05) is 39.0 Å². The molecule has 0 radical (unpaired) electrons. The van der Waals surface area contributed by atoms with E-state index in [9.17, 15) is 19.1 Å². The highest BCUT2D eigenvalue weighted by atomic mass is 35.5. The van der Waals surface area contributed by atoms with Crippen LogP contribution in [0.2, 0.25) is 5.02 Å². The minimum absolute atomic E-state index is 0.177. The molecule has 0 saturated carbocycles. The fourth-order valence-corrected chi connectivity index (χ4v) is 5.99. The molecule has 1 atom stereocenters. The number of rotatable bonds is 6. The number of aromatic hydroxyl groups is 1. The van der Waals surface area contributed by atoms with Crippen LogP contribution in [0.4, 0.5) is 4.39 Å². The van der Waals surface area contributed by atoms with Gasteiger partial charge in [0.25, 0.3) is 11.5 Å². The number of halogens is 2. The van der Waals surface area contributed by atoms with Gasteiger partial charge in [0.2, 0.25) is 5.88 Å². The summed E-state index contributed by atoms with van der Waals surface area (Å²) in [5.74, 6) is -1.62. The zero-order chi connectivity index (χ0) is 27.8. The van der Waals surface area contributed by atoms with E-state index in [2.05, 4.69) is 9.97 Å². The normalized spacial score (nSPS) is 15.2. The number of aryl methyl sites for hydroxylation is 3. The predicted molar refractivity (Wildman–Crippen MR) is 151 cm³/mol.